The highest BCUT2D eigenvalue weighted by molar-refractivity contribution is 4.87. The lowest BCUT2D eigenvalue weighted by Crippen LogP contribution is -2.39. The fraction of sp³-hybridized carbons (Fsp3) is 1.00. The van der Waals surface area contributed by atoms with Gasteiger partial charge in [-0.1, -0.05) is 60.8 Å². The van der Waals surface area contributed by atoms with Gasteiger partial charge in [0.2, 0.25) is 0 Å². The maximum absolute atomic E-state index is 9.58. The standard InChI is InChI=1S/C10H20O.C5H12/c1-7-8(2)10(3,4)6-5-9(7)11;1-3-5-4-2/h7-9,11H,5-6H2,1-4H3;3-5H2,1-2H3. The predicted molar refractivity (Wildman–Crippen MR) is 72.5 cm³/mol. The van der Waals surface area contributed by atoms with E-state index in [2.05, 4.69) is 41.5 Å². The molecule has 1 fully saturated rings. The van der Waals surface area contributed by atoms with E-state index < -0.39 is 0 Å². The van der Waals surface area contributed by atoms with Crippen molar-refractivity contribution in [1.29, 1.82) is 0 Å². The molecular weight excluding hydrogens is 196 g/mol. The number of aliphatic hydroxyl groups excluding tert-OH is 1. The third kappa shape index (κ3) is 4.86. The highest BCUT2D eigenvalue weighted by Crippen LogP contribution is 2.43. The van der Waals surface area contributed by atoms with Gasteiger partial charge in [-0.05, 0) is 30.1 Å². The highest BCUT2D eigenvalue weighted by atomic mass is 16.3. The monoisotopic (exact) mass is 228 g/mol. The second-order valence-electron chi connectivity index (χ2n) is 6.10. The van der Waals surface area contributed by atoms with Crippen LogP contribution in [-0.4, -0.2) is 11.2 Å². The molecule has 0 bridgehead atoms. The summed E-state index contributed by atoms with van der Waals surface area (Å²) in [6.07, 6.45) is 6.17. The summed E-state index contributed by atoms with van der Waals surface area (Å²) in [5.41, 5.74) is 0.429. The Morgan fingerprint density at radius 3 is 1.94 bits per heavy atom. The van der Waals surface area contributed by atoms with Crippen molar-refractivity contribution in [1.82, 2.24) is 0 Å². The van der Waals surface area contributed by atoms with E-state index >= 15 is 0 Å². The van der Waals surface area contributed by atoms with Crippen LogP contribution in [0.15, 0.2) is 0 Å². The number of hydrogen-bond acceptors (Lipinski definition) is 1. The van der Waals surface area contributed by atoms with Crippen LogP contribution in [0.4, 0.5) is 0 Å². The second-order valence-corrected chi connectivity index (χ2v) is 6.10. The zero-order valence-corrected chi connectivity index (χ0v) is 12.2. The van der Waals surface area contributed by atoms with Crippen molar-refractivity contribution in [3.8, 4) is 0 Å². The molecule has 1 heteroatoms. The Morgan fingerprint density at radius 2 is 1.62 bits per heavy atom. The van der Waals surface area contributed by atoms with Crippen molar-refractivity contribution in [2.75, 3.05) is 0 Å². The van der Waals surface area contributed by atoms with E-state index in [0.29, 0.717) is 17.3 Å². The van der Waals surface area contributed by atoms with Gasteiger partial charge in [0.25, 0.3) is 0 Å². The minimum absolute atomic E-state index is 0.0574. The molecule has 0 amide bonds. The summed E-state index contributed by atoms with van der Waals surface area (Å²) in [7, 11) is 0. The lowest BCUT2D eigenvalue weighted by atomic mass is 9.64. The van der Waals surface area contributed by atoms with Gasteiger partial charge in [-0.15, -0.1) is 0 Å². The summed E-state index contributed by atoms with van der Waals surface area (Å²) in [5.74, 6) is 1.12. The minimum atomic E-state index is -0.0574. The molecule has 1 rings (SSSR count). The van der Waals surface area contributed by atoms with Crippen LogP contribution in [0.25, 0.3) is 0 Å². The lowest BCUT2D eigenvalue weighted by molar-refractivity contribution is -0.0165. The van der Waals surface area contributed by atoms with E-state index in [1.165, 1.54) is 25.7 Å². The fourth-order valence-electron chi connectivity index (χ4n) is 2.41. The first kappa shape index (κ1) is 16.0. The van der Waals surface area contributed by atoms with Gasteiger partial charge in [-0.3, -0.25) is 0 Å². The Balaban J connectivity index is 0.000000385. The Morgan fingerprint density at radius 1 is 1.12 bits per heavy atom. The third-order valence-electron chi connectivity index (χ3n) is 4.42. The maximum Gasteiger partial charge on any atom is 0.0568 e. The van der Waals surface area contributed by atoms with Gasteiger partial charge >= 0.3 is 0 Å². The Hall–Kier alpha value is -0.0400. The zero-order valence-electron chi connectivity index (χ0n) is 12.2. The molecule has 0 aliphatic heterocycles. The van der Waals surface area contributed by atoms with E-state index in [4.69, 9.17) is 0 Å². The van der Waals surface area contributed by atoms with Crippen molar-refractivity contribution in [2.24, 2.45) is 17.3 Å². The van der Waals surface area contributed by atoms with Crippen molar-refractivity contribution in [3.63, 3.8) is 0 Å². The van der Waals surface area contributed by atoms with Crippen LogP contribution in [0.1, 0.15) is 73.6 Å². The topological polar surface area (TPSA) is 20.2 Å². The maximum atomic E-state index is 9.58. The summed E-state index contributed by atoms with van der Waals surface area (Å²) >= 11 is 0. The molecule has 0 radical (unpaired) electrons. The first-order valence-corrected chi connectivity index (χ1v) is 7.04. The molecule has 0 spiro atoms. The van der Waals surface area contributed by atoms with E-state index in [1.807, 2.05) is 0 Å². The molecule has 1 N–H and O–H groups in total. The quantitative estimate of drug-likeness (QED) is 0.730. The molecule has 98 valence electrons. The molecule has 3 atom stereocenters. The normalized spacial score (nSPS) is 32.8. The van der Waals surface area contributed by atoms with Crippen molar-refractivity contribution in [3.05, 3.63) is 0 Å². The number of aliphatic hydroxyl groups is 1. The number of rotatable bonds is 2. The highest BCUT2D eigenvalue weighted by Gasteiger charge is 2.37. The van der Waals surface area contributed by atoms with E-state index in [0.717, 1.165) is 6.42 Å². The average molecular weight is 228 g/mol. The summed E-state index contributed by atoms with van der Waals surface area (Å²) in [4.78, 5) is 0. The Kier molecular flexibility index (Phi) is 7.30. The van der Waals surface area contributed by atoms with Crippen LogP contribution in [0.5, 0.6) is 0 Å². The lowest BCUT2D eigenvalue weighted by Gasteiger charge is -2.43. The SMILES string of the molecule is CC1C(O)CCC(C)(C)C1C.CCCCC. The van der Waals surface area contributed by atoms with Crippen LogP contribution in [0.2, 0.25) is 0 Å². The molecule has 0 aromatic carbocycles. The van der Waals surface area contributed by atoms with Crippen LogP contribution in [0.3, 0.4) is 0 Å². The molecule has 3 unspecified atom stereocenters. The Labute approximate surface area is 103 Å². The minimum Gasteiger partial charge on any atom is -0.393 e. The van der Waals surface area contributed by atoms with Crippen LogP contribution < -0.4 is 0 Å². The average Bonchev–Trinajstić information content (AvgIpc) is 2.24. The van der Waals surface area contributed by atoms with E-state index in [9.17, 15) is 5.11 Å². The van der Waals surface area contributed by atoms with Gasteiger partial charge in [-0.2, -0.15) is 0 Å². The third-order valence-corrected chi connectivity index (χ3v) is 4.42. The number of unbranched alkanes of at least 4 members (excludes halogenated alkanes) is 2. The summed E-state index contributed by atoms with van der Waals surface area (Å²) < 4.78 is 0. The largest absolute Gasteiger partial charge is 0.393 e. The van der Waals surface area contributed by atoms with Crippen LogP contribution >= 0.6 is 0 Å². The Bertz CT molecular complexity index is 172. The van der Waals surface area contributed by atoms with E-state index in [1.54, 1.807) is 0 Å². The van der Waals surface area contributed by atoms with Crippen molar-refractivity contribution >= 4 is 0 Å². The first-order chi connectivity index (χ1) is 7.36. The first-order valence-electron chi connectivity index (χ1n) is 7.04. The van der Waals surface area contributed by atoms with Crippen molar-refractivity contribution in [2.45, 2.75) is 79.8 Å². The zero-order chi connectivity index (χ0) is 12.8. The van der Waals surface area contributed by atoms with Gasteiger partial charge in [0.15, 0.2) is 0 Å². The molecular formula is C15H32O. The summed E-state index contributed by atoms with van der Waals surface area (Å²) in [6.45, 7) is 13.5. The number of hydrogen-bond donors (Lipinski definition) is 1. The molecule has 0 aromatic heterocycles. The summed E-state index contributed by atoms with van der Waals surface area (Å²) in [5, 5.41) is 9.58. The van der Waals surface area contributed by atoms with Crippen LogP contribution in [-0.2, 0) is 0 Å². The molecule has 0 heterocycles. The van der Waals surface area contributed by atoms with Crippen molar-refractivity contribution < 1.29 is 5.11 Å². The molecule has 1 aliphatic rings. The van der Waals surface area contributed by atoms with Gasteiger partial charge in [0.1, 0.15) is 0 Å². The molecule has 1 nitrogen and oxygen atoms in total. The van der Waals surface area contributed by atoms with E-state index in [-0.39, 0.29) is 6.10 Å². The summed E-state index contributed by atoms with van der Waals surface area (Å²) in [6, 6.07) is 0. The molecule has 0 aromatic rings. The fourth-order valence-corrected chi connectivity index (χ4v) is 2.41. The van der Waals surface area contributed by atoms with Gasteiger partial charge in [0.05, 0.1) is 6.10 Å². The molecule has 1 aliphatic carbocycles. The molecule has 16 heavy (non-hydrogen) atoms. The molecule has 0 saturated heterocycles. The second kappa shape index (κ2) is 7.32. The van der Waals surface area contributed by atoms with Gasteiger partial charge in [0, 0.05) is 0 Å². The van der Waals surface area contributed by atoms with Gasteiger partial charge in [-0.25, -0.2) is 0 Å². The van der Waals surface area contributed by atoms with Gasteiger partial charge < -0.3 is 5.11 Å². The smallest absolute Gasteiger partial charge is 0.0568 e. The van der Waals surface area contributed by atoms with Crippen LogP contribution in [0, 0.1) is 17.3 Å². The predicted octanol–water partition coefficient (Wildman–Crippen LogP) is 4.64. The molecule has 1 saturated carbocycles.